The van der Waals surface area contributed by atoms with Crippen LogP contribution in [0.5, 0.6) is 0 Å². The summed E-state index contributed by atoms with van der Waals surface area (Å²) in [6, 6.07) is 8.63. The van der Waals surface area contributed by atoms with Crippen LogP contribution in [0.4, 0.5) is 0 Å². The summed E-state index contributed by atoms with van der Waals surface area (Å²) in [7, 11) is 0. The first-order valence-electron chi connectivity index (χ1n) is 5.44. The Morgan fingerprint density at radius 3 is 1.59 bits per heavy atom. The number of hydrogen-bond donors (Lipinski definition) is 1. The molecule has 0 spiro atoms. The lowest BCUT2D eigenvalue weighted by Crippen LogP contribution is -1.76. The van der Waals surface area contributed by atoms with Crippen molar-refractivity contribution in [2.75, 3.05) is 0 Å². The van der Waals surface area contributed by atoms with Crippen LogP contribution in [0, 0.1) is 13.8 Å². The van der Waals surface area contributed by atoms with E-state index < -0.39 is 0 Å². The SMILES string of the molecule is Cc1cc(Br)cc2c1[nH]c1c(C)cc(Br)cc12. The van der Waals surface area contributed by atoms with Gasteiger partial charge < -0.3 is 4.98 Å². The second kappa shape index (κ2) is 3.85. The molecule has 0 aliphatic rings. The van der Waals surface area contributed by atoms with E-state index in [1.54, 1.807) is 0 Å². The van der Waals surface area contributed by atoms with Gasteiger partial charge in [0.15, 0.2) is 0 Å². The Bertz CT molecular complexity index is 679. The third-order valence-electron chi connectivity index (χ3n) is 3.14. The maximum atomic E-state index is 3.57. The van der Waals surface area contributed by atoms with E-state index in [-0.39, 0.29) is 0 Å². The summed E-state index contributed by atoms with van der Waals surface area (Å²) in [5, 5.41) is 2.55. The van der Waals surface area contributed by atoms with Crippen LogP contribution in [0.15, 0.2) is 33.2 Å². The number of rotatable bonds is 0. The van der Waals surface area contributed by atoms with Crippen molar-refractivity contribution in [3.05, 3.63) is 44.3 Å². The van der Waals surface area contributed by atoms with Crippen molar-refractivity contribution < 1.29 is 0 Å². The fraction of sp³-hybridized carbons (Fsp3) is 0.143. The van der Waals surface area contributed by atoms with E-state index in [9.17, 15) is 0 Å². The number of nitrogens with one attached hydrogen (secondary N) is 1. The minimum Gasteiger partial charge on any atom is -0.354 e. The lowest BCUT2D eigenvalue weighted by Gasteiger charge is -1.98. The Balaban J connectivity index is 2.60. The normalized spacial score (nSPS) is 11.5. The average Bonchev–Trinajstić information content (AvgIpc) is 2.58. The Morgan fingerprint density at radius 1 is 0.765 bits per heavy atom. The predicted octanol–water partition coefficient (Wildman–Crippen LogP) is 5.46. The van der Waals surface area contributed by atoms with Crippen LogP contribution >= 0.6 is 31.9 Å². The largest absolute Gasteiger partial charge is 0.354 e. The molecule has 0 unspecified atom stereocenters. The molecule has 1 aromatic heterocycles. The summed E-state index contributed by atoms with van der Waals surface area (Å²) in [4.78, 5) is 3.53. The molecule has 0 aliphatic carbocycles. The molecule has 0 bridgehead atoms. The van der Waals surface area contributed by atoms with Crippen molar-refractivity contribution in [2.45, 2.75) is 13.8 Å². The monoisotopic (exact) mass is 351 g/mol. The Labute approximate surface area is 116 Å². The average molecular weight is 353 g/mol. The summed E-state index contributed by atoms with van der Waals surface area (Å²) in [5.41, 5.74) is 4.98. The Hall–Kier alpha value is -0.800. The van der Waals surface area contributed by atoms with Gasteiger partial charge in [0.05, 0.1) is 0 Å². The molecule has 1 N–H and O–H groups in total. The van der Waals surface area contributed by atoms with E-state index in [2.05, 4.69) is 75.0 Å². The first-order chi connectivity index (χ1) is 8.06. The van der Waals surface area contributed by atoms with Crippen molar-refractivity contribution in [1.82, 2.24) is 4.98 Å². The van der Waals surface area contributed by atoms with Crippen LogP contribution < -0.4 is 0 Å². The number of aromatic nitrogens is 1. The first kappa shape index (κ1) is 11.3. The van der Waals surface area contributed by atoms with Crippen LogP contribution in [0.25, 0.3) is 21.8 Å². The smallest absolute Gasteiger partial charge is 0.0495 e. The fourth-order valence-corrected chi connectivity index (χ4v) is 3.51. The van der Waals surface area contributed by atoms with Crippen molar-refractivity contribution in [1.29, 1.82) is 0 Å². The van der Waals surface area contributed by atoms with Gasteiger partial charge in [-0.05, 0) is 49.2 Å². The van der Waals surface area contributed by atoms with Crippen LogP contribution in [0.1, 0.15) is 11.1 Å². The van der Waals surface area contributed by atoms with E-state index in [0.717, 1.165) is 8.95 Å². The second-order valence-electron chi connectivity index (χ2n) is 4.42. The molecule has 3 heteroatoms. The molecule has 0 aliphatic heterocycles. The zero-order valence-corrected chi connectivity index (χ0v) is 12.7. The topological polar surface area (TPSA) is 15.8 Å². The standard InChI is InChI=1S/C14H11Br2N/c1-7-3-9(15)5-11-12-6-10(16)4-8(2)14(12)17-13(7)11/h3-6,17H,1-2H3. The third-order valence-corrected chi connectivity index (χ3v) is 4.06. The van der Waals surface area contributed by atoms with Crippen LogP contribution in [0.3, 0.4) is 0 Å². The fourth-order valence-electron chi connectivity index (χ4n) is 2.37. The van der Waals surface area contributed by atoms with Crippen molar-refractivity contribution in [2.24, 2.45) is 0 Å². The van der Waals surface area contributed by atoms with E-state index >= 15 is 0 Å². The highest BCUT2D eigenvalue weighted by Gasteiger charge is 2.09. The molecule has 1 nitrogen and oxygen atoms in total. The van der Waals surface area contributed by atoms with Crippen LogP contribution in [-0.4, -0.2) is 4.98 Å². The molecule has 3 rings (SSSR count). The minimum atomic E-state index is 1.13. The molecule has 86 valence electrons. The van der Waals surface area contributed by atoms with Crippen molar-refractivity contribution in [3.63, 3.8) is 0 Å². The molecule has 0 fully saturated rings. The van der Waals surface area contributed by atoms with Gasteiger partial charge in [0.25, 0.3) is 0 Å². The summed E-state index contributed by atoms with van der Waals surface area (Å²) in [6.07, 6.45) is 0. The highest BCUT2D eigenvalue weighted by Crippen LogP contribution is 2.33. The number of fused-ring (bicyclic) bond motifs is 3. The number of H-pyrrole nitrogens is 1. The molecule has 0 radical (unpaired) electrons. The van der Waals surface area contributed by atoms with Crippen molar-refractivity contribution >= 4 is 53.7 Å². The summed E-state index contributed by atoms with van der Waals surface area (Å²) < 4.78 is 2.25. The lowest BCUT2D eigenvalue weighted by molar-refractivity contribution is 1.41. The number of aryl methyl sites for hydroxylation is 2. The van der Waals surface area contributed by atoms with Gasteiger partial charge in [-0.15, -0.1) is 0 Å². The summed E-state index contributed by atoms with van der Waals surface area (Å²) >= 11 is 7.13. The molecule has 0 amide bonds. The number of halogens is 2. The Kier molecular flexibility index (Phi) is 2.56. The maximum Gasteiger partial charge on any atom is 0.0495 e. The molecule has 0 saturated heterocycles. The van der Waals surface area contributed by atoms with E-state index in [1.807, 2.05) is 0 Å². The molecular formula is C14H11Br2N. The molecule has 2 aromatic carbocycles. The predicted molar refractivity (Wildman–Crippen MR) is 80.7 cm³/mol. The van der Waals surface area contributed by atoms with E-state index in [0.29, 0.717) is 0 Å². The highest BCUT2D eigenvalue weighted by atomic mass is 79.9. The maximum absolute atomic E-state index is 3.57. The van der Waals surface area contributed by atoms with Crippen LogP contribution in [-0.2, 0) is 0 Å². The highest BCUT2D eigenvalue weighted by molar-refractivity contribution is 9.10. The second-order valence-corrected chi connectivity index (χ2v) is 6.25. The number of hydrogen-bond acceptors (Lipinski definition) is 0. The van der Waals surface area contributed by atoms with Gasteiger partial charge >= 0.3 is 0 Å². The van der Waals surface area contributed by atoms with Gasteiger partial charge in [-0.2, -0.15) is 0 Å². The zero-order chi connectivity index (χ0) is 12.2. The molecule has 3 aromatic rings. The molecule has 1 heterocycles. The zero-order valence-electron chi connectivity index (χ0n) is 9.57. The van der Waals surface area contributed by atoms with Gasteiger partial charge in [0.1, 0.15) is 0 Å². The van der Waals surface area contributed by atoms with Gasteiger partial charge in [0, 0.05) is 30.8 Å². The quantitative estimate of drug-likeness (QED) is 0.552. The molecule has 17 heavy (non-hydrogen) atoms. The van der Waals surface area contributed by atoms with Gasteiger partial charge in [-0.1, -0.05) is 31.9 Å². The Morgan fingerprint density at radius 2 is 1.18 bits per heavy atom. The molecule has 0 saturated carbocycles. The molecule has 0 atom stereocenters. The van der Waals surface area contributed by atoms with E-state index in [4.69, 9.17) is 0 Å². The van der Waals surface area contributed by atoms with Gasteiger partial charge in [-0.3, -0.25) is 0 Å². The third kappa shape index (κ3) is 1.72. The van der Waals surface area contributed by atoms with E-state index in [1.165, 1.54) is 32.9 Å². The minimum absolute atomic E-state index is 1.13. The number of aromatic amines is 1. The molecular weight excluding hydrogens is 342 g/mol. The number of benzene rings is 2. The lowest BCUT2D eigenvalue weighted by atomic mass is 10.1. The first-order valence-corrected chi connectivity index (χ1v) is 7.02. The van der Waals surface area contributed by atoms with Crippen LogP contribution in [0.2, 0.25) is 0 Å². The summed E-state index contributed by atoms with van der Waals surface area (Å²) in [5.74, 6) is 0. The van der Waals surface area contributed by atoms with Crippen molar-refractivity contribution in [3.8, 4) is 0 Å². The van der Waals surface area contributed by atoms with Gasteiger partial charge in [-0.25, -0.2) is 0 Å². The summed E-state index contributed by atoms with van der Waals surface area (Å²) in [6.45, 7) is 4.26. The van der Waals surface area contributed by atoms with Gasteiger partial charge in [0.2, 0.25) is 0 Å².